The Kier molecular flexibility index (Phi) is 4.01. The molecule has 2 aliphatic heterocycles. The van der Waals surface area contributed by atoms with E-state index in [4.69, 9.17) is 4.74 Å². The number of morpholine rings is 1. The molecule has 2 heterocycles. The summed E-state index contributed by atoms with van der Waals surface area (Å²) < 4.78 is 5.76. The van der Waals surface area contributed by atoms with Crippen molar-refractivity contribution in [3.63, 3.8) is 0 Å². The minimum Gasteiger partial charge on any atom is -0.384 e. The topological polar surface area (TPSA) is 36.5 Å². The summed E-state index contributed by atoms with van der Waals surface area (Å²) in [5.74, 6) is 0. The molecule has 0 amide bonds. The highest BCUT2D eigenvalue weighted by molar-refractivity contribution is 5.61. The average Bonchev–Trinajstić information content (AvgIpc) is 2.88. The van der Waals surface area contributed by atoms with Crippen LogP contribution in [0.25, 0.3) is 0 Å². The lowest BCUT2D eigenvalue weighted by Gasteiger charge is -2.30. The number of rotatable bonds is 4. The summed E-state index contributed by atoms with van der Waals surface area (Å²) >= 11 is 0. The van der Waals surface area contributed by atoms with Crippen LogP contribution in [0.5, 0.6) is 0 Å². The average molecular weight is 261 g/mol. The lowest BCUT2D eigenvalue weighted by molar-refractivity contribution is -0.0182. The van der Waals surface area contributed by atoms with Crippen molar-refractivity contribution in [2.24, 2.45) is 0 Å². The SMILES string of the molecule is CN1CCOC(CNCc2cccc3c2NCC3)C1. The molecule has 0 bridgehead atoms. The molecule has 1 unspecified atom stereocenters. The second-order valence-electron chi connectivity index (χ2n) is 5.51. The summed E-state index contributed by atoms with van der Waals surface area (Å²) in [7, 11) is 2.16. The van der Waals surface area contributed by atoms with Gasteiger partial charge < -0.3 is 20.3 Å². The first-order chi connectivity index (χ1) is 9.33. The predicted octanol–water partition coefficient (Wildman–Crippen LogP) is 1.07. The highest BCUT2D eigenvalue weighted by Crippen LogP contribution is 2.26. The van der Waals surface area contributed by atoms with Gasteiger partial charge >= 0.3 is 0 Å². The third-order valence-electron chi connectivity index (χ3n) is 3.96. The van der Waals surface area contributed by atoms with Crippen molar-refractivity contribution in [2.75, 3.05) is 45.2 Å². The van der Waals surface area contributed by atoms with Crippen LogP contribution < -0.4 is 10.6 Å². The third-order valence-corrected chi connectivity index (χ3v) is 3.96. The van der Waals surface area contributed by atoms with Crippen LogP contribution in [0.2, 0.25) is 0 Å². The maximum Gasteiger partial charge on any atom is 0.0826 e. The monoisotopic (exact) mass is 261 g/mol. The van der Waals surface area contributed by atoms with Crippen molar-refractivity contribution >= 4 is 5.69 Å². The van der Waals surface area contributed by atoms with E-state index in [-0.39, 0.29) is 0 Å². The van der Waals surface area contributed by atoms with Crippen molar-refractivity contribution in [1.29, 1.82) is 0 Å². The van der Waals surface area contributed by atoms with Crippen LogP contribution in [0, 0.1) is 0 Å². The number of hydrogen-bond acceptors (Lipinski definition) is 4. The first-order valence-electron chi connectivity index (χ1n) is 7.18. The van der Waals surface area contributed by atoms with E-state index in [1.807, 2.05) is 0 Å². The lowest BCUT2D eigenvalue weighted by Crippen LogP contribution is -2.44. The molecule has 0 radical (unpaired) electrons. The third kappa shape index (κ3) is 3.08. The molecule has 2 N–H and O–H groups in total. The van der Waals surface area contributed by atoms with Crippen molar-refractivity contribution < 1.29 is 4.74 Å². The fraction of sp³-hybridized carbons (Fsp3) is 0.600. The van der Waals surface area contributed by atoms with E-state index in [1.54, 1.807) is 0 Å². The van der Waals surface area contributed by atoms with E-state index in [9.17, 15) is 0 Å². The van der Waals surface area contributed by atoms with Gasteiger partial charge in [-0.1, -0.05) is 18.2 Å². The van der Waals surface area contributed by atoms with Crippen molar-refractivity contribution in [3.8, 4) is 0 Å². The Hall–Kier alpha value is -1.10. The fourth-order valence-corrected chi connectivity index (χ4v) is 2.92. The first-order valence-corrected chi connectivity index (χ1v) is 7.18. The Bertz CT molecular complexity index is 435. The number of fused-ring (bicyclic) bond motifs is 1. The molecule has 1 aromatic rings. The zero-order chi connectivity index (χ0) is 13.1. The molecule has 2 aliphatic rings. The van der Waals surface area contributed by atoms with E-state index >= 15 is 0 Å². The second kappa shape index (κ2) is 5.90. The number of benzene rings is 1. The number of hydrogen-bond donors (Lipinski definition) is 2. The normalized spacial score (nSPS) is 23.1. The molecular weight excluding hydrogens is 238 g/mol. The molecule has 19 heavy (non-hydrogen) atoms. The molecular formula is C15H23N3O. The zero-order valence-electron chi connectivity index (χ0n) is 11.6. The molecule has 4 heteroatoms. The molecule has 0 aliphatic carbocycles. The molecule has 1 atom stereocenters. The van der Waals surface area contributed by atoms with Gasteiger partial charge in [0.1, 0.15) is 0 Å². The van der Waals surface area contributed by atoms with Crippen LogP contribution >= 0.6 is 0 Å². The lowest BCUT2D eigenvalue weighted by atomic mass is 10.1. The van der Waals surface area contributed by atoms with Gasteiger partial charge in [-0.05, 0) is 24.6 Å². The zero-order valence-corrected chi connectivity index (χ0v) is 11.6. The molecule has 1 fully saturated rings. The smallest absolute Gasteiger partial charge is 0.0826 e. The van der Waals surface area contributed by atoms with Gasteiger partial charge in [0.2, 0.25) is 0 Å². The first kappa shape index (κ1) is 12.9. The minimum absolute atomic E-state index is 0.323. The molecule has 1 saturated heterocycles. The standard InChI is InChI=1S/C15H23N3O/c1-18-7-8-19-14(11-18)10-16-9-13-4-2-3-12-5-6-17-15(12)13/h2-4,14,16-17H,5-11H2,1H3. The Morgan fingerprint density at radius 2 is 2.42 bits per heavy atom. The van der Waals surface area contributed by atoms with Gasteiger partial charge in [0.15, 0.2) is 0 Å². The van der Waals surface area contributed by atoms with Gasteiger partial charge in [0.05, 0.1) is 12.7 Å². The van der Waals surface area contributed by atoms with Crippen molar-refractivity contribution in [2.45, 2.75) is 19.1 Å². The van der Waals surface area contributed by atoms with E-state index in [0.29, 0.717) is 6.10 Å². The Morgan fingerprint density at radius 1 is 1.47 bits per heavy atom. The Labute approximate surface area is 115 Å². The fourth-order valence-electron chi connectivity index (χ4n) is 2.92. The number of anilines is 1. The second-order valence-corrected chi connectivity index (χ2v) is 5.51. The van der Waals surface area contributed by atoms with Crippen LogP contribution in [-0.4, -0.2) is 50.8 Å². The van der Waals surface area contributed by atoms with E-state index in [2.05, 4.69) is 40.8 Å². The number of para-hydroxylation sites is 1. The summed E-state index contributed by atoms with van der Waals surface area (Å²) in [4.78, 5) is 2.33. The molecule has 4 nitrogen and oxygen atoms in total. The van der Waals surface area contributed by atoms with Crippen LogP contribution in [0.3, 0.4) is 0 Å². The molecule has 0 aromatic heterocycles. The van der Waals surface area contributed by atoms with Gasteiger partial charge in [-0.15, -0.1) is 0 Å². The molecule has 1 aromatic carbocycles. The minimum atomic E-state index is 0.323. The number of nitrogens with zero attached hydrogens (tertiary/aromatic N) is 1. The van der Waals surface area contributed by atoms with Crippen LogP contribution in [0.15, 0.2) is 18.2 Å². The maximum atomic E-state index is 5.76. The highest BCUT2D eigenvalue weighted by Gasteiger charge is 2.18. The predicted molar refractivity (Wildman–Crippen MR) is 77.6 cm³/mol. The Balaban J connectivity index is 1.51. The summed E-state index contributed by atoms with van der Waals surface area (Å²) in [5, 5.41) is 7.01. The van der Waals surface area contributed by atoms with Crippen molar-refractivity contribution in [1.82, 2.24) is 10.2 Å². The van der Waals surface area contributed by atoms with Gasteiger partial charge in [-0.25, -0.2) is 0 Å². The maximum absolute atomic E-state index is 5.76. The van der Waals surface area contributed by atoms with Gasteiger partial charge in [-0.3, -0.25) is 0 Å². The van der Waals surface area contributed by atoms with Gasteiger partial charge in [-0.2, -0.15) is 0 Å². The largest absolute Gasteiger partial charge is 0.384 e. The summed E-state index contributed by atoms with van der Waals surface area (Å²) in [6.07, 6.45) is 1.48. The number of nitrogens with one attached hydrogen (secondary N) is 2. The molecule has 104 valence electrons. The molecule has 3 rings (SSSR count). The van der Waals surface area contributed by atoms with Gasteiger partial charge in [0.25, 0.3) is 0 Å². The van der Waals surface area contributed by atoms with Gasteiger partial charge in [0, 0.05) is 38.4 Å². The van der Waals surface area contributed by atoms with E-state index in [0.717, 1.165) is 45.8 Å². The molecule has 0 spiro atoms. The quantitative estimate of drug-likeness (QED) is 0.850. The molecule has 0 saturated carbocycles. The van der Waals surface area contributed by atoms with Crippen LogP contribution in [0.1, 0.15) is 11.1 Å². The summed E-state index contributed by atoms with van der Waals surface area (Å²) in [6, 6.07) is 6.59. The van der Waals surface area contributed by atoms with E-state index < -0.39 is 0 Å². The van der Waals surface area contributed by atoms with Crippen molar-refractivity contribution in [3.05, 3.63) is 29.3 Å². The van der Waals surface area contributed by atoms with Crippen LogP contribution in [0.4, 0.5) is 5.69 Å². The Morgan fingerprint density at radius 3 is 3.32 bits per heavy atom. The summed E-state index contributed by atoms with van der Waals surface area (Å²) in [6.45, 7) is 5.84. The number of likely N-dealkylation sites (N-methyl/N-ethyl adjacent to an activating group) is 1. The van der Waals surface area contributed by atoms with Crippen LogP contribution in [-0.2, 0) is 17.7 Å². The highest BCUT2D eigenvalue weighted by atomic mass is 16.5. The number of ether oxygens (including phenoxy) is 1. The summed E-state index contributed by atoms with van der Waals surface area (Å²) in [5.41, 5.74) is 4.17. The van der Waals surface area contributed by atoms with E-state index in [1.165, 1.54) is 16.8 Å².